The van der Waals surface area contributed by atoms with Gasteiger partial charge in [-0.3, -0.25) is 9.69 Å². The van der Waals surface area contributed by atoms with Gasteiger partial charge in [0.25, 0.3) is 0 Å². The first kappa shape index (κ1) is 13.7. The normalized spacial score (nSPS) is 10.4. The molecular formula is C12H16N2O2S. The minimum atomic E-state index is -0.871. The molecule has 0 atom stereocenters. The lowest BCUT2D eigenvalue weighted by Gasteiger charge is -2.15. The molecule has 0 amide bonds. The van der Waals surface area contributed by atoms with Crippen molar-refractivity contribution in [1.82, 2.24) is 9.88 Å². The van der Waals surface area contributed by atoms with Crippen molar-refractivity contribution in [3.8, 4) is 12.3 Å². The summed E-state index contributed by atoms with van der Waals surface area (Å²) in [5.74, 6) is 1.59. The zero-order valence-corrected chi connectivity index (χ0v) is 10.7. The van der Waals surface area contributed by atoms with E-state index < -0.39 is 5.97 Å². The molecule has 0 radical (unpaired) electrons. The second-order valence-corrected chi connectivity index (χ2v) is 4.67. The number of aromatic nitrogens is 1. The monoisotopic (exact) mass is 252 g/mol. The zero-order valence-electron chi connectivity index (χ0n) is 9.85. The summed E-state index contributed by atoms with van der Waals surface area (Å²) < 4.78 is 0. The third-order valence-electron chi connectivity index (χ3n) is 2.12. The molecule has 0 fully saturated rings. The molecule has 0 saturated heterocycles. The molecule has 1 heterocycles. The van der Waals surface area contributed by atoms with E-state index >= 15 is 0 Å². The van der Waals surface area contributed by atoms with E-state index in [0.29, 0.717) is 13.1 Å². The highest BCUT2D eigenvalue weighted by molar-refractivity contribution is 7.09. The molecule has 0 spiro atoms. The molecule has 4 nitrogen and oxygen atoms in total. The quantitative estimate of drug-likeness (QED) is 0.749. The van der Waals surface area contributed by atoms with Crippen LogP contribution in [0.5, 0.6) is 0 Å². The maximum Gasteiger partial charge on any atom is 0.317 e. The number of thiazole rings is 1. The first-order valence-electron chi connectivity index (χ1n) is 5.46. The number of hydrogen-bond acceptors (Lipinski definition) is 4. The van der Waals surface area contributed by atoms with Gasteiger partial charge in [0.2, 0.25) is 0 Å². The number of terminal acetylenes is 1. The number of carboxylic acid groups (broad SMARTS) is 1. The first-order valence-corrected chi connectivity index (χ1v) is 6.34. The predicted octanol–water partition coefficient (Wildman–Crippen LogP) is 1.62. The third kappa shape index (κ3) is 4.98. The van der Waals surface area contributed by atoms with Gasteiger partial charge in [0, 0.05) is 11.9 Å². The fourth-order valence-electron chi connectivity index (χ4n) is 1.47. The van der Waals surface area contributed by atoms with Crippen molar-refractivity contribution < 1.29 is 9.90 Å². The largest absolute Gasteiger partial charge is 0.480 e. The standard InChI is InChI=1S/C12H16N2O2S/c1-3-5-11-13-10(9-17-11)7-14(6-4-2)8-12(15)16/h2,9H,3,5-8H2,1H3,(H,15,16). The van der Waals surface area contributed by atoms with E-state index in [1.807, 2.05) is 5.38 Å². The fourth-order valence-corrected chi connectivity index (χ4v) is 2.36. The highest BCUT2D eigenvalue weighted by atomic mass is 32.1. The number of carbonyl (C=O) groups is 1. The number of hydrogen-bond donors (Lipinski definition) is 1. The van der Waals surface area contributed by atoms with E-state index in [-0.39, 0.29) is 6.54 Å². The van der Waals surface area contributed by atoms with E-state index in [2.05, 4.69) is 17.8 Å². The Balaban J connectivity index is 2.58. The molecule has 5 heteroatoms. The number of nitrogens with zero attached hydrogens (tertiary/aromatic N) is 2. The van der Waals surface area contributed by atoms with Crippen molar-refractivity contribution in [2.24, 2.45) is 0 Å². The Labute approximate surface area is 105 Å². The summed E-state index contributed by atoms with van der Waals surface area (Å²) in [6.07, 6.45) is 7.25. The van der Waals surface area contributed by atoms with Crippen LogP contribution in [0.15, 0.2) is 5.38 Å². The Morgan fingerprint density at radius 3 is 3.06 bits per heavy atom. The van der Waals surface area contributed by atoms with Gasteiger partial charge in [-0.05, 0) is 12.8 Å². The van der Waals surface area contributed by atoms with Crippen LogP contribution in [0.3, 0.4) is 0 Å². The Hall–Kier alpha value is -1.38. The van der Waals surface area contributed by atoms with Gasteiger partial charge in [-0.15, -0.1) is 17.8 Å². The minimum absolute atomic E-state index is 0.0508. The summed E-state index contributed by atoms with van der Waals surface area (Å²) in [6, 6.07) is 0. The topological polar surface area (TPSA) is 53.4 Å². The van der Waals surface area contributed by atoms with E-state index in [0.717, 1.165) is 23.5 Å². The van der Waals surface area contributed by atoms with Crippen LogP contribution in [0.1, 0.15) is 24.0 Å². The van der Waals surface area contributed by atoms with Gasteiger partial charge in [0.1, 0.15) is 0 Å². The molecule has 0 aliphatic heterocycles. The minimum Gasteiger partial charge on any atom is -0.480 e. The number of aliphatic carboxylic acids is 1. The molecule has 1 aromatic rings. The van der Waals surface area contributed by atoms with Crippen LogP contribution in [0.4, 0.5) is 0 Å². The summed E-state index contributed by atoms with van der Waals surface area (Å²) >= 11 is 1.62. The van der Waals surface area contributed by atoms with Gasteiger partial charge in [0.15, 0.2) is 0 Å². The molecule has 0 saturated carbocycles. The summed E-state index contributed by atoms with van der Waals surface area (Å²) in [4.78, 5) is 16.8. The Morgan fingerprint density at radius 2 is 2.47 bits per heavy atom. The van der Waals surface area contributed by atoms with Crippen LogP contribution in [0, 0.1) is 12.3 Å². The van der Waals surface area contributed by atoms with Crippen LogP contribution < -0.4 is 0 Å². The Bertz CT molecular complexity index is 409. The van der Waals surface area contributed by atoms with Gasteiger partial charge < -0.3 is 5.11 Å². The Morgan fingerprint density at radius 1 is 1.71 bits per heavy atom. The SMILES string of the molecule is C#CCN(CC(=O)O)Cc1csc(CCC)n1. The van der Waals surface area contributed by atoms with Crippen LogP contribution in [-0.4, -0.2) is 34.0 Å². The van der Waals surface area contributed by atoms with Gasteiger partial charge in [-0.1, -0.05) is 12.8 Å². The lowest BCUT2D eigenvalue weighted by atomic mass is 10.3. The van der Waals surface area contributed by atoms with E-state index in [4.69, 9.17) is 11.5 Å². The Kier molecular flexibility index (Phi) is 5.67. The predicted molar refractivity (Wildman–Crippen MR) is 67.9 cm³/mol. The number of carboxylic acids is 1. The molecule has 0 bridgehead atoms. The van der Waals surface area contributed by atoms with E-state index in [9.17, 15) is 4.79 Å². The molecule has 0 unspecified atom stereocenters. The molecule has 17 heavy (non-hydrogen) atoms. The molecule has 92 valence electrons. The van der Waals surface area contributed by atoms with E-state index in [1.54, 1.807) is 16.2 Å². The average molecular weight is 252 g/mol. The zero-order chi connectivity index (χ0) is 12.7. The number of rotatable bonds is 7. The molecule has 1 rings (SSSR count). The smallest absolute Gasteiger partial charge is 0.317 e. The van der Waals surface area contributed by atoms with Crippen LogP contribution in [0.2, 0.25) is 0 Å². The van der Waals surface area contributed by atoms with Crippen molar-refractivity contribution in [3.05, 3.63) is 16.1 Å². The summed E-state index contributed by atoms with van der Waals surface area (Å²) in [5.41, 5.74) is 0.898. The van der Waals surface area contributed by atoms with Crippen molar-refractivity contribution in [2.45, 2.75) is 26.3 Å². The number of aryl methyl sites for hydroxylation is 1. The van der Waals surface area contributed by atoms with Crippen LogP contribution >= 0.6 is 11.3 Å². The van der Waals surface area contributed by atoms with Crippen LogP contribution in [0.25, 0.3) is 0 Å². The lowest BCUT2D eigenvalue weighted by molar-refractivity contribution is -0.138. The van der Waals surface area contributed by atoms with Gasteiger partial charge in [0.05, 0.1) is 23.8 Å². The third-order valence-corrected chi connectivity index (χ3v) is 3.08. The summed E-state index contributed by atoms with van der Waals surface area (Å²) in [6.45, 7) is 2.88. The van der Waals surface area contributed by atoms with Crippen LogP contribution in [-0.2, 0) is 17.8 Å². The van der Waals surface area contributed by atoms with Gasteiger partial charge in [-0.2, -0.15) is 0 Å². The molecule has 0 aromatic carbocycles. The van der Waals surface area contributed by atoms with Crippen molar-refractivity contribution >= 4 is 17.3 Å². The first-order chi connectivity index (χ1) is 8.15. The van der Waals surface area contributed by atoms with Gasteiger partial charge >= 0.3 is 5.97 Å². The highest BCUT2D eigenvalue weighted by Gasteiger charge is 2.11. The van der Waals surface area contributed by atoms with Gasteiger partial charge in [-0.25, -0.2) is 4.98 Å². The fraction of sp³-hybridized carbons (Fsp3) is 0.500. The summed E-state index contributed by atoms with van der Waals surface area (Å²) in [7, 11) is 0. The molecule has 0 aliphatic rings. The maximum absolute atomic E-state index is 10.7. The lowest BCUT2D eigenvalue weighted by Crippen LogP contribution is -2.29. The van der Waals surface area contributed by atoms with Crippen molar-refractivity contribution in [3.63, 3.8) is 0 Å². The molecule has 1 N–H and O–H groups in total. The maximum atomic E-state index is 10.7. The van der Waals surface area contributed by atoms with Crippen molar-refractivity contribution in [2.75, 3.05) is 13.1 Å². The highest BCUT2D eigenvalue weighted by Crippen LogP contribution is 2.13. The van der Waals surface area contributed by atoms with Crippen molar-refractivity contribution in [1.29, 1.82) is 0 Å². The summed E-state index contributed by atoms with van der Waals surface area (Å²) in [5, 5.41) is 11.8. The molecular weight excluding hydrogens is 236 g/mol. The molecule has 0 aliphatic carbocycles. The molecule has 1 aromatic heterocycles. The second kappa shape index (κ2) is 7.05. The second-order valence-electron chi connectivity index (χ2n) is 3.73. The van der Waals surface area contributed by atoms with E-state index in [1.165, 1.54) is 0 Å². The average Bonchev–Trinajstić information content (AvgIpc) is 2.65.